The van der Waals surface area contributed by atoms with E-state index >= 15 is 0 Å². The zero-order valence-corrected chi connectivity index (χ0v) is 14.1. The molecule has 0 amide bonds. The smallest absolute Gasteiger partial charge is 0.107 e. The van der Waals surface area contributed by atoms with Gasteiger partial charge >= 0.3 is 0 Å². The van der Waals surface area contributed by atoms with Gasteiger partial charge < -0.3 is 10.1 Å². The van der Waals surface area contributed by atoms with Crippen LogP contribution < -0.4 is 5.32 Å². The Labute approximate surface area is 131 Å². The second kappa shape index (κ2) is 7.16. The number of nitrogens with zero attached hydrogens (tertiary/aromatic N) is 1. The maximum atomic E-state index is 5.24. The predicted molar refractivity (Wildman–Crippen MR) is 88.5 cm³/mol. The van der Waals surface area contributed by atoms with Crippen LogP contribution in [0.3, 0.4) is 0 Å². The van der Waals surface area contributed by atoms with Crippen LogP contribution in [0.4, 0.5) is 0 Å². The molecule has 2 aromatic rings. The van der Waals surface area contributed by atoms with Gasteiger partial charge in [0.2, 0.25) is 0 Å². The van der Waals surface area contributed by atoms with Crippen molar-refractivity contribution in [2.24, 2.45) is 0 Å². The average Bonchev–Trinajstić information content (AvgIpc) is 2.90. The van der Waals surface area contributed by atoms with Crippen molar-refractivity contribution < 1.29 is 4.74 Å². The first-order valence-corrected chi connectivity index (χ1v) is 8.10. The van der Waals surface area contributed by atoms with E-state index in [-0.39, 0.29) is 5.41 Å². The number of rotatable bonds is 6. The SMILES string of the molecule is COCc1ccccc1CNCc1nc(C(C)(C)C)cs1. The van der Waals surface area contributed by atoms with E-state index in [1.165, 1.54) is 16.8 Å². The van der Waals surface area contributed by atoms with Crippen LogP contribution >= 0.6 is 11.3 Å². The number of ether oxygens (including phenoxy) is 1. The fourth-order valence-electron chi connectivity index (χ4n) is 2.07. The molecule has 0 saturated heterocycles. The minimum absolute atomic E-state index is 0.125. The molecule has 0 aliphatic rings. The number of nitrogens with one attached hydrogen (secondary N) is 1. The van der Waals surface area contributed by atoms with E-state index in [1.54, 1.807) is 18.4 Å². The normalized spacial score (nSPS) is 11.8. The summed E-state index contributed by atoms with van der Waals surface area (Å²) in [5.74, 6) is 0. The van der Waals surface area contributed by atoms with Crippen molar-refractivity contribution in [1.29, 1.82) is 0 Å². The van der Waals surface area contributed by atoms with Crippen LogP contribution in [0.25, 0.3) is 0 Å². The lowest BCUT2D eigenvalue weighted by molar-refractivity contribution is 0.184. The molecule has 0 saturated carbocycles. The molecule has 21 heavy (non-hydrogen) atoms. The van der Waals surface area contributed by atoms with Crippen molar-refractivity contribution in [3.05, 3.63) is 51.5 Å². The van der Waals surface area contributed by atoms with Crippen molar-refractivity contribution in [2.75, 3.05) is 7.11 Å². The van der Waals surface area contributed by atoms with Gasteiger partial charge in [0.15, 0.2) is 0 Å². The highest BCUT2D eigenvalue weighted by Crippen LogP contribution is 2.23. The van der Waals surface area contributed by atoms with Crippen molar-refractivity contribution in [1.82, 2.24) is 10.3 Å². The standard InChI is InChI=1S/C17H24N2OS/c1-17(2,3)15-12-21-16(19-15)10-18-9-13-7-5-6-8-14(13)11-20-4/h5-8,12,18H,9-11H2,1-4H3. The van der Waals surface area contributed by atoms with Crippen molar-refractivity contribution in [2.45, 2.75) is 45.9 Å². The number of aromatic nitrogens is 1. The van der Waals surface area contributed by atoms with E-state index in [2.05, 4.69) is 49.7 Å². The Balaban J connectivity index is 1.91. The predicted octanol–water partition coefficient (Wildman–Crippen LogP) is 3.88. The summed E-state index contributed by atoms with van der Waals surface area (Å²) in [7, 11) is 1.73. The number of thiazole rings is 1. The van der Waals surface area contributed by atoms with E-state index in [1.807, 2.05) is 6.07 Å². The molecule has 4 heteroatoms. The van der Waals surface area contributed by atoms with E-state index in [0.29, 0.717) is 6.61 Å². The molecular weight excluding hydrogens is 280 g/mol. The third-order valence-corrected chi connectivity index (χ3v) is 4.18. The quantitative estimate of drug-likeness (QED) is 0.879. The highest BCUT2D eigenvalue weighted by molar-refractivity contribution is 7.09. The maximum absolute atomic E-state index is 5.24. The van der Waals surface area contributed by atoms with Crippen LogP contribution in [0.5, 0.6) is 0 Å². The Hall–Kier alpha value is -1.23. The van der Waals surface area contributed by atoms with Crippen molar-refractivity contribution in [3.8, 4) is 0 Å². The fraction of sp³-hybridized carbons (Fsp3) is 0.471. The van der Waals surface area contributed by atoms with Gasteiger partial charge in [0.25, 0.3) is 0 Å². The number of methoxy groups -OCH3 is 1. The lowest BCUT2D eigenvalue weighted by Gasteiger charge is -2.14. The number of hydrogen-bond donors (Lipinski definition) is 1. The van der Waals surface area contributed by atoms with Gasteiger partial charge in [-0.2, -0.15) is 0 Å². The van der Waals surface area contributed by atoms with Gasteiger partial charge in [0.05, 0.1) is 12.3 Å². The van der Waals surface area contributed by atoms with Gasteiger partial charge in [-0.1, -0.05) is 45.0 Å². The first-order chi connectivity index (χ1) is 10.0. The number of benzene rings is 1. The van der Waals surface area contributed by atoms with Crippen molar-refractivity contribution >= 4 is 11.3 Å². The zero-order chi connectivity index (χ0) is 15.3. The maximum Gasteiger partial charge on any atom is 0.107 e. The Bertz CT molecular complexity index is 572. The third-order valence-electron chi connectivity index (χ3n) is 3.33. The van der Waals surface area contributed by atoms with Crippen LogP contribution in [-0.4, -0.2) is 12.1 Å². The molecule has 114 valence electrons. The second-order valence-electron chi connectivity index (χ2n) is 6.18. The third kappa shape index (κ3) is 4.63. The van der Waals surface area contributed by atoms with Crippen molar-refractivity contribution in [3.63, 3.8) is 0 Å². The Morgan fingerprint density at radius 2 is 1.86 bits per heavy atom. The molecular formula is C17H24N2OS. The highest BCUT2D eigenvalue weighted by Gasteiger charge is 2.17. The van der Waals surface area contributed by atoms with Crippen LogP contribution in [0.15, 0.2) is 29.6 Å². The molecule has 0 bridgehead atoms. The molecule has 0 aliphatic heterocycles. The molecule has 0 fully saturated rings. The summed E-state index contributed by atoms with van der Waals surface area (Å²) in [6.07, 6.45) is 0. The van der Waals surface area contributed by atoms with Gasteiger partial charge in [-0.3, -0.25) is 0 Å². The largest absolute Gasteiger partial charge is 0.380 e. The molecule has 1 N–H and O–H groups in total. The van der Waals surface area contributed by atoms with E-state index < -0.39 is 0 Å². The fourth-order valence-corrected chi connectivity index (χ4v) is 3.06. The van der Waals surface area contributed by atoms with E-state index in [0.717, 1.165) is 18.1 Å². The van der Waals surface area contributed by atoms with Gasteiger partial charge in [0, 0.05) is 31.0 Å². The molecule has 0 radical (unpaired) electrons. The first kappa shape index (κ1) is 16.1. The van der Waals surface area contributed by atoms with Gasteiger partial charge in [-0.05, 0) is 11.1 Å². The zero-order valence-electron chi connectivity index (χ0n) is 13.3. The van der Waals surface area contributed by atoms with Gasteiger partial charge in [-0.25, -0.2) is 4.98 Å². The van der Waals surface area contributed by atoms with Crippen LogP contribution in [-0.2, 0) is 29.8 Å². The van der Waals surface area contributed by atoms with Gasteiger partial charge in [-0.15, -0.1) is 11.3 Å². The molecule has 0 atom stereocenters. The Morgan fingerprint density at radius 3 is 2.48 bits per heavy atom. The summed E-state index contributed by atoms with van der Waals surface area (Å²) >= 11 is 1.73. The molecule has 1 aromatic carbocycles. The summed E-state index contributed by atoms with van der Waals surface area (Å²) in [6, 6.07) is 8.37. The topological polar surface area (TPSA) is 34.1 Å². The summed E-state index contributed by atoms with van der Waals surface area (Å²) < 4.78 is 5.24. The number of hydrogen-bond acceptors (Lipinski definition) is 4. The molecule has 3 nitrogen and oxygen atoms in total. The molecule has 0 spiro atoms. The van der Waals surface area contributed by atoms with Crippen LogP contribution in [0.2, 0.25) is 0 Å². The highest BCUT2D eigenvalue weighted by atomic mass is 32.1. The van der Waals surface area contributed by atoms with Crippen LogP contribution in [0.1, 0.15) is 42.6 Å². The van der Waals surface area contributed by atoms with E-state index in [9.17, 15) is 0 Å². The monoisotopic (exact) mass is 304 g/mol. The summed E-state index contributed by atoms with van der Waals surface area (Å²) in [4.78, 5) is 4.70. The van der Waals surface area contributed by atoms with Gasteiger partial charge in [0.1, 0.15) is 5.01 Å². The summed E-state index contributed by atoms with van der Waals surface area (Å²) in [5.41, 5.74) is 3.82. The van der Waals surface area contributed by atoms with Crippen LogP contribution in [0, 0.1) is 0 Å². The first-order valence-electron chi connectivity index (χ1n) is 7.22. The van der Waals surface area contributed by atoms with E-state index in [4.69, 9.17) is 9.72 Å². The minimum Gasteiger partial charge on any atom is -0.380 e. The second-order valence-corrected chi connectivity index (χ2v) is 7.12. The lowest BCUT2D eigenvalue weighted by atomic mass is 9.93. The summed E-state index contributed by atoms with van der Waals surface area (Å²) in [5, 5.41) is 6.78. The average molecular weight is 304 g/mol. The molecule has 1 aromatic heterocycles. The lowest BCUT2D eigenvalue weighted by Crippen LogP contribution is -2.15. The molecule has 0 aliphatic carbocycles. The molecule has 1 heterocycles. The minimum atomic E-state index is 0.125. The summed E-state index contributed by atoms with van der Waals surface area (Å²) in [6.45, 7) is 8.88. The Morgan fingerprint density at radius 1 is 1.14 bits per heavy atom. The molecule has 0 unspecified atom stereocenters. The molecule has 2 rings (SSSR count). The Kier molecular flexibility index (Phi) is 5.51.